The van der Waals surface area contributed by atoms with Crippen molar-refractivity contribution in [1.29, 1.82) is 0 Å². The van der Waals surface area contributed by atoms with E-state index in [-0.39, 0.29) is 6.10 Å². The summed E-state index contributed by atoms with van der Waals surface area (Å²) in [6.45, 7) is 5.34. The Morgan fingerprint density at radius 1 is 1.17 bits per heavy atom. The molecule has 1 saturated carbocycles. The Kier molecular flexibility index (Phi) is 5.35. The molecule has 0 heterocycles. The fourth-order valence-electron chi connectivity index (χ4n) is 4.01. The number of carbonyl (C=O) groups is 1. The van der Waals surface area contributed by atoms with Crippen molar-refractivity contribution in [3.63, 3.8) is 0 Å². The number of hydrogen-bond donors (Lipinski definition) is 0. The van der Waals surface area contributed by atoms with Crippen molar-refractivity contribution in [3.8, 4) is 0 Å². The summed E-state index contributed by atoms with van der Waals surface area (Å²) < 4.78 is 6.20. The molecule has 0 aromatic heterocycles. The van der Waals surface area contributed by atoms with E-state index in [1.54, 1.807) is 0 Å². The molecule has 0 N–H and O–H groups in total. The van der Waals surface area contributed by atoms with E-state index in [9.17, 15) is 4.79 Å². The number of carbonyl (C=O) groups excluding carboxylic acids is 1. The molecular weight excluding hydrogens is 296 g/mol. The van der Waals surface area contributed by atoms with Crippen molar-refractivity contribution >= 4 is 17.1 Å². The van der Waals surface area contributed by atoms with E-state index in [1.807, 2.05) is 0 Å². The normalized spacial score (nSPS) is 23.2. The largest absolute Gasteiger partial charge is 0.378 e. The lowest BCUT2D eigenvalue weighted by Gasteiger charge is -2.40. The lowest BCUT2D eigenvalue weighted by atomic mass is 9.70. The van der Waals surface area contributed by atoms with E-state index in [0.717, 1.165) is 32.2 Å². The third kappa shape index (κ3) is 4.24. The molecule has 0 saturated heterocycles. The Morgan fingerprint density at radius 3 is 2.75 bits per heavy atom. The van der Waals surface area contributed by atoms with Crippen LogP contribution in [0.3, 0.4) is 0 Å². The monoisotopic (exact) mass is 324 g/mol. The molecule has 0 radical (unpaired) electrons. The molecular formula is C22H28O2. The lowest BCUT2D eigenvalue weighted by Crippen LogP contribution is -2.36. The van der Waals surface area contributed by atoms with Crippen LogP contribution in [-0.2, 0) is 16.0 Å². The maximum Gasteiger partial charge on any atom is 0.120 e. The number of rotatable bonds is 6. The fraction of sp³-hybridized carbons (Fsp3) is 0.500. The summed E-state index contributed by atoms with van der Waals surface area (Å²) in [7, 11) is 0. The second kappa shape index (κ2) is 7.48. The summed E-state index contributed by atoms with van der Waals surface area (Å²) in [6.07, 6.45) is 6.20. The number of aldehydes is 1. The van der Waals surface area contributed by atoms with Crippen LogP contribution in [0.2, 0.25) is 0 Å². The summed E-state index contributed by atoms with van der Waals surface area (Å²) in [6, 6.07) is 15.1. The van der Waals surface area contributed by atoms with E-state index in [1.165, 1.54) is 22.8 Å². The van der Waals surface area contributed by atoms with Gasteiger partial charge in [0, 0.05) is 6.42 Å². The summed E-state index contributed by atoms with van der Waals surface area (Å²) in [5, 5.41) is 2.57. The molecule has 0 aliphatic heterocycles. The highest BCUT2D eigenvalue weighted by Crippen LogP contribution is 2.41. The lowest BCUT2D eigenvalue weighted by molar-refractivity contribution is -0.111. The van der Waals surface area contributed by atoms with Crippen molar-refractivity contribution in [1.82, 2.24) is 0 Å². The Bertz CT molecular complexity index is 689. The van der Waals surface area contributed by atoms with Crippen LogP contribution in [-0.4, -0.2) is 19.0 Å². The molecule has 0 bridgehead atoms. The van der Waals surface area contributed by atoms with Gasteiger partial charge in [-0.1, -0.05) is 56.3 Å². The van der Waals surface area contributed by atoms with Crippen LogP contribution in [0.4, 0.5) is 0 Å². The predicted molar refractivity (Wildman–Crippen MR) is 99.2 cm³/mol. The molecule has 128 valence electrons. The summed E-state index contributed by atoms with van der Waals surface area (Å²) in [4.78, 5) is 11.0. The van der Waals surface area contributed by atoms with Gasteiger partial charge in [0.1, 0.15) is 6.29 Å². The average molecular weight is 324 g/mol. The van der Waals surface area contributed by atoms with E-state index in [0.29, 0.717) is 17.8 Å². The smallest absolute Gasteiger partial charge is 0.120 e. The van der Waals surface area contributed by atoms with Gasteiger partial charge in [0.05, 0.1) is 12.7 Å². The number of hydrogen-bond acceptors (Lipinski definition) is 2. The molecule has 1 aliphatic carbocycles. The molecule has 1 aliphatic rings. The van der Waals surface area contributed by atoms with Gasteiger partial charge < -0.3 is 9.53 Å². The topological polar surface area (TPSA) is 26.3 Å². The minimum absolute atomic E-state index is 0.240. The first-order chi connectivity index (χ1) is 11.6. The first-order valence-electron chi connectivity index (χ1n) is 9.10. The first-order valence-corrected chi connectivity index (χ1v) is 9.10. The highest BCUT2D eigenvalue weighted by Gasteiger charge is 2.35. The summed E-state index contributed by atoms with van der Waals surface area (Å²) >= 11 is 0. The molecule has 2 aromatic rings. The standard InChI is InChI=1S/C22H28O2/c1-22(2)12-9-21(20(16-22)10-13-23)24-14-11-17-7-8-18-5-3-4-6-19(18)15-17/h3-8,13,15,20-21H,9-12,14,16H2,1-2H3/t20-,21-/m1/s1. The quantitative estimate of drug-likeness (QED) is 0.684. The minimum atomic E-state index is 0.240. The van der Waals surface area contributed by atoms with Gasteiger partial charge in [-0.25, -0.2) is 0 Å². The van der Waals surface area contributed by atoms with Crippen LogP contribution in [0.25, 0.3) is 10.8 Å². The number of ether oxygens (including phenoxy) is 1. The molecule has 2 heteroatoms. The fourth-order valence-corrected chi connectivity index (χ4v) is 4.01. The Labute approximate surface area is 145 Å². The van der Waals surface area contributed by atoms with Crippen LogP contribution < -0.4 is 0 Å². The van der Waals surface area contributed by atoms with Gasteiger partial charge in [-0.15, -0.1) is 0 Å². The SMILES string of the molecule is CC1(C)CC[C@@H](OCCc2ccc3ccccc3c2)[C@H](CC=O)C1. The maximum atomic E-state index is 11.0. The van der Waals surface area contributed by atoms with Crippen LogP contribution in [0.15, 0.2) is 42.5 Å². The van der Waals surface area contributed by atoms with Gasteiger partial charge in [0.15, 0.2) is 0 Å². The molecule has 2 aromatic carbocycles. The van der Waals surface area contributed by atoms with Crippen molar-refractivity contribution in [2.75, 3.05) is 6.61 Å². The van der Waals surface area contributed by atoms with Crippen molar-refractivity contribution in [3.05, 3.63) is 48.0 Å². The van der Waals surface area contributed by atoms with Crippen LogP contribution >= 0.6 is 0 Å². The van der Waals surface area contributed by atoms with E-state index < -0.39 is 0 Å². The second-order valence-electron chi connectivity index (χ2n) is 7.91. The first kappa shape index (κ1) is 17.2. The molecule has 0 unspecified atom stereocenters. The van der Waals surface area contributed by atoms with E-state index >= 15 is 0 Å². The van der Waals surface area contributed by atoms with E-state index in [2.05, 4.69) is 56.3 Å². The second-order valence-corrected chi connectivity index (χ2v) is 7.91. The molecule has 2 atom stereocenters. The third-order valence-electron chi connectivity index (χ3n) is 5.38. The number of benzene rings is 2. The number of fused-ring (bicyclic) bond motifs is 1. The van der Waals surface area contributed by atoms with Gasteiger partial charge >= 0.3 is 0 Å². The van der Waals surface area contributed by atoms with Crippen molar-refractivity contribution in [2.45, 2.75) is 52.1 Å². The van der Waals surface area contributed by atoms with Crippen LogP contribution in [0.5, 0.6) is 0 Å². The van der Waals surface area contributed by atoms with E-state index in [4.69, 9.17) is 4.74 Å². The highest BCUT2D eigenvalue weighted by atomic mass is 16.5. The molecule has 0 spiro atoms. The van der Waals surface area contributed by atoms with Gasteiger partial charge in [-0.05, 0) is 53.4 Å². The molecule has 24 heavy (non-hydrogen) atoms. The van der Waals surface area contributed by atoms with Crippen molar-refractivity contribution in [2.24, 2.45) is 11.3 Å². The van der Waals surface area contributed by atoms with Crippen LogP contribution in [0, 0.1) is 11.3 Å². The predicted octanol–water partition coefficient (Wildman–Crippen LogP) is 5.18. The Morgan fingerprint density at radius 2 is 1.96 bits per heavy atom. The van der Waals surface area contributed by atoms with Crippen LogP contribution in [0.1, 0.15) is 45.1 Å². The Balaban J connectivity index is 1.57. The molecule has 2 nitrogen and oxygen atoms in total. The zero-order valence-corrected chi connectivity index (χ0v) is 14.8. The zero-order valence-electron chi connectivity index (χ0n) is 14.8. The summed E-state index contributed by atoms with van der Waals surface area (Å²) in [5.41, 5.74) is 1.66. The van der Waals surface area contributed by atoms with Crippen molar-refractivity contribution < 1.29 is 9.53 Å². The molecule has 0 amide bonds. The highest BCUT2D eigenvalue weighted by molar-refractivity contribution is 5.82. The van der Waals surface area contributed by atoms with Gasteiger partial charge in [0.25, 0.3) is 0 Å². The minimum Gasteiger partial charge on any atom is -0.378 e. The third-order valence-corrected chi connectivity index (χ3v) is 5.38. The Hall–Kier alpha value is -1.67. The maximum absolute atomic E-state index is 11.0. The van der Waals surface area contributed by atoms with Gasteiger partial charge in [0.2, 0.25) is 0 Å². The average Bonchev–Trinajstić information content (AvgIpc) is 2.56. The molecule has 3 rings (SSSR count). The van der Waals surface area contributed by atoms with Gasteiger partial charge in [-0.2, -0.15) is 0 Å². The summed E-state index contributed by atoms with van der Waals surface area (Å²) in [5.74, 6) is 0.378. The molecule has 1 fully saturated rings. The van der Waals surface area contributed by atoms with Gasteiger partial charge in [-0.3, -0.25) is 0 Å². The zero-order chi connectivity index (χ0) is 17.0.